The quantitative estimate of drug-likeness (QED) is 0.239. The summed E-state index contributed by atoms with van der Waals surface area (Å²) in [4.78, 5) is 28.5. The van der Waals surface area contributed by atoms with E-state index in [0.29, 0.717) is 56.3 Å². The van der Waals surface area contributed by atoms with Crippen LogP contribution in [0, 0.1) is 13.8 Å². The lowest BCUT2D eigenvalue weighted by Crippen LogP contribution is -2.42. The Morgan fingerprint density at radius 3 is 1.73 bits per heavy atom. The predicted molar refractivity (Wildman–Crippen MR) is 208 cm³/mol. The SMILES string of the molecule is C.C.Cc1cc(Cl)ccc1-c1c(C(=O)N2CCC2)nn2c1OCCC2.Cc1cc(Cl)ccc1B(O)O.O=C(c1nn2c(c1Br)OCCC2)N1CCC1. The Bertz CT molecular complexity index is 1890. The van der Waals surface area contributed by atoms with Gasteiger partial charge in [-0.05, 0) is 89.0 Å². The number of hydrogen-bond acceptors (Lipinski definition) is 8. The molecule has 4 aromatic rings. The fourth-order valence-electron chi connectivity index (χ4n) is 5.93. The molecule has 0 bridgehead atoms. The number of halogens is 3. The highest BCUT2D eigenvalue weighted by Gasteiger charge is 2.33. The summed E-state index contributed by atoms with van der Waals surface area (Å²) in [6, 6.07) is 10.6. The number of carbonyl (C=O) groups excluding carboxylic acids is 2. The number of likely N-dealkylation sites (tertiary alicyclic amines) is 2. The second-order valence-electron chi connectivity index (χ2n) is 12.5. The molecule has 0 saturated carbocycles. The Morgan fingerprint density at radius 1 is 0.731 bits per heavy atom. The van der Waals surface area contributed by atoms with Crippen molar-refractivity contribution in [3.8, 4) is 22.9 Å². The van der Waals surface area contributed by atoms with Gasteiger partial charge in [0.1, 0.15) is 4.47 Å². The van der Waals surface area contributed by atoms with Crippen LogP contribution in [0.5, 0.6) is 11.8 Å². The Morgan fingerprint density at radius 2 is 1.23 bits per heavy atom. The first-order valence-corrected chi connectivity index (χ1v) is 18.2. The highest BCUT2D eigenvalue weighted by molar-refractivity contribution is 9.10. The zero-order valence-corrected chi connectivity index (χ0v) is 31.0. The van der Waals surface area contributed by atoms with Crippen molar-refractivity contribution in [2.45, 2.75) is 67.5 Å². The normalized spacial score (nSPS) is 15.1. The number of hydrogen-bond donors (Lipinski definition) is 2. The third kappa shape index (κ3) is 8.79. The molecule has 280 valence electrons. The average Bonchev–Trinajstić information content (AvgIpc) is 3.58. The molecule has 2 aromatic heterocycles. The Labute approximate surface area is 323 Å². The van der Waals surface area contributed by atoms with E-state index in [1.165, 1.54) is 0 Å². The van der Waals surface area contributed by atoms with E-state index in [-0.39, 0.29) is 26.7 Å². The monoisotopic (exact) mass is 818 g/mol. The summed E-state index contributed by atoms with van der Waals surface area (Å²) >= 11 is 15.1. The van der Waals surface area contributed by atoms with Crippen LogP contribution in [-0.4, -0.2) is 97.7 Å². The second-order valence-corrected chi connectivity index (χ2v) is 14.1. The van der Waals surface area contributed by atoms with Crippen LogP contribution in [0.1, 0.15) is 72.6 Å². The first-order chi connectivity index (χ1) is 24.0. The number of nitrogens with zero attached hydrogens (tertiary/aromatic N) is 6. The minimum Gasteiger partial charge on any atom is -0.477 e. The summed E-state index contributed by atoms with van der Waals surface area (Å²) in [5.41, 5.74) is 5.03. The summed E-state index contributed by atoms with van der Waals surface area (Å²) in [7, 11) is -1.41. The Kier molecular flexibility index (Phi) is 14.2. The second kappa shape index (κ2) is 18.0. The van der Waals surface area contributed by atoms with Crippen molar-refractivity contribution in [1.82, 2.24) is 29.4 Å². The van der Waals surface area contributed by atoms with Crippen LogP contribution >= 0.6 is 39.1 Å². The van der Waals surface area contributed by atoms with Crippen molar-refractivity contribution in [1.29, 1.82) is 0 Å². The van der Waals surface area contributed by atoms with Crippen LogP contribution in [-0.2, 0) is 13.1 Å². The van der Waals surface area contributed by atoms with Crippen molar-refractivity contribution in [2.75, 3.05) is 39.4 Å². The van der Waals surface area contributed by atoms with Gasteiger partial charge in [0.25, 0.3) is 11.8 Å². The molecule has 2 amide bonds. The Balaban J connectivity index is 0.000000183. The molecule has 6 heterocycles. The number of carbonyl (C=O) groups is 2. The van der Waals surface area contributed by atoms with E-state index >= 15 is 0 Å². The number of aryl methyl sites for hydroxylation is 4. The molecule has 4 aliphatic heterocycles. The maximum Gasteiger partial charge on any atom is 0.488 e. The zero-order chi connectivity index (χ0) is 35.5. The Hall–Kier alpha value is -3.56. The van der Waals surface area contributed by atoms with E-state index in [1.54, 1.807) is 34.7 Å². The number of amides is 2. The highest BCUT2D eigenvalue weighted by Crippen LogP contribution is 2.39. The van der Waals surface area contributed by atoms with Gasteiger partial charge in [0.05, 0.1) is 18.8 Å². The molecule has 0 aliphatic carbocycles. The minimum atomic E-state index is -1.41. The molecule has 2 N–H and O–H groups in total. The summed E-state index contributed by atoms with van der Waals surface area (Å²) in [6.45, 7) is 10.0. The fourth-order valence-corrected chi connectivity index (χ4v) is 6.95. The molecule has 2 saturated heterocycles. The van der Waals surface area contributed by atoms with E-state index in [2.05, 4.69) is 26.1 Å². The molecule has 0 unspecified atom stereocenters. The summed E-state index contributed by atoms with van der Waals surface area (Å²) < 4.78 is 15.6. The molecule has 2 fully saturated rings. The van der Waals surface area contributed by atoms with Gasteiger partial charge in [0.2, 0.25) is 11.8 Å². The standard InChI is InChI=1S/C17H18ClN3O2.C10H12BrN3O2.C7H8BClO2.2CH4/c1-11-10-12(18)4-5-13(11)14-15(16(22)20-6-2-7-20)19-21-8-3-9-23-17(14)21;11-7-8(9(15)13-3-1-4-13)12-14-5-2-6-16-10(7)14;1-5-4-6(9)2-3-7(5)8(10)11;;/h4-5,10H,2-3,6-9H2,1H3;1-6H2;2-4,10-11H,1H3;2*1H4. The van der Waals surface area contributed by atoms with E-state index in [4.69, 9.17) is 42.7 Å². The van der Waals surface area contributed by atoms with E-state index in [1.807, 2.05) is 34.7 Å². The molecule has 0 atom stereocenters. The van der Waals surface area contributed by atoms with Crippen molar-refractivity contribution in [2.24, 2.45) is 0 Å². The lowest BCUT2D eigenvalue weighted by molar-refractivity contribution is 0.0637. The number of rotatable bonds is 4. The summed E-state index contributed by atoms with van der Waals surface area (Å²) in [6.07, 6.45) is 4.00. The van der Waals surface area contributed by atoms with Gasteiger partial charge in [-0.3, -0.25) is 9.59 Å². The molecular formula is C36H46BBrCl2N6O6. The van der Waals surface area contributed by atoms with Gasteiger partial charge in [0, 0.05) is 62.2 Å². The average molecular weight is 820 g/mol. The molecule has 2 aromatic carbocycles. The fraction of sp³-hybridized carbons (Fsp3) is 0.444. The zero-order valence-electron chi connectivity index (χ0n) is 27.9. The third-order valence-electron chi connectivity index (χ3n) is 8.92. The smallest absolute Gasteiger partial charge is 0.477 e. The van der Waals surface area contributed by atoms with Crippen molar-refractivity contribution in [3.05, 3.63) is 73.4 Å². The van der Waals surface area contributed by atoms with E-state index in [0.717, 1.165) is 87.2 Å². The van der Waals surface area contributed by atoms with E-state index in [9.17, 15) is 9.59 Å². The van der Waals surface area contributed by atoms with Gasteiger partial charge in [0.15, 0.2) is 11.4 Å². The van der Waals surface area contributed by atoms with Crippen LogP contribution in [0.25, 0.3) is 11.1 Å². The molecule has 0 radical (unpaired) electrons. The summed E-state index contributed by atoms with van der Waals surface area (Å²) in [5.74, 6) is 1.38. The van der Waals surface area contributed by atoms with Crippen LogP contribution in [0.15, 0.2) is 40.9 Å². The third-order valence-corrected chi connectivity index (χ3v) is 10.1. The molecule has 8 rings (SSSR count). The predicted octanol–water partition coefficient (Wildman–Crippen LogP) is 6.01. The number of benzene rings is 2. The molecule has 0 spiro atoms. The van der Waals surface area contributed by atoms with Crippen molar-refractivity contribution >= 4 is 63.5 Å². The first kappa shape index (κ1) is 41.2. The number of ether oxygens (including phenoxy) is 2. The van der Waals surface area contributed by atoms with Crippen LogP contribution < -0.4 is 14.9 Å². The topological polar surface area (TPSA) is 135 Å². The van der Waals surface area contributed by atoms with Gasteiger partial charge in [-0.2, -0.15) is 10.2 Å². The van der Waals surface area contributed by atoms with Gasteiger partial charge < -0.3 is 29.3 Å². The van der Waals surface area contributed by atoms with Crippen molar-refractivity contribution in [3.63, 3.8) is 0 Å². The highest BCUT2D eigenvalue weighted by atomic mass is 79.9. The molecule has 12 nitrogen and oxygen atoms in total. The van der Waals surface area contributed by atoms with Crippen molar-refractivity contribution < 1.29 is 29.1 Å². The largest absolute Gasteiger partial charge is 0.488 e. The molecule has 16 heteroatoms. The molecule has 4 aliphatic rings. The molecular weight excluding hydrogens is 774 g/mol. The maximum atomic E-state index is 12.8. The minimum absolute atomic E-state index is 0. The van der Waals surface area contributed by atoms with E-state index < -0.39 is 7.12 Å². The van der Waals surface area contributed by atoms with Gasteiger partial charge >= 0.3 is 7.12 Å². The summed E-state index contributed by atoms with van der Waals surface area (Å²) in [5, 5.41) is 27.8. The van der Waals surface area contributed by atoms with Gasteiger partial charge in [-0.25, -0.2) is 9.36 Å². The first-order valence-electron chi connectivity index (χ1n) is 16.6. The maximum absolute atomic E-state index is 12.8. The number of fused-ring (bicyclic) bond motifs is 2. The van der Waals surface area contributed by atoms with Crippen LogP contribution in [0.2, 0.25) is 10.0 Å². The lowest BCUT2D eigenvalue weighted by Gasteiger charge is -2.30. The van der Waals surface area contributed by atoms with Gasteiger partial charge in [-0.15, -0.1) is 0 Å². The number of aromatic nitrogens is 4. The molecule has 52 heavy (non-hydrogen) atoms. The van der Waals surface area contributed by atoms with Gasteiger partial charge in [-0.1, -0.05) is 50.2 Å². The van der Waals surface area contributed by atoms with Crippen LogP contribution in [0.3, 0.4) is 0 Å². The van der Waals surface area contributed by atoms with Crippen LogP contribution in [0.4, 0.5) is 0 Å². The lowest BCUT2D eigenvalue weighted by atomic mass is 9.77.